The molecule has 5 nitrogen and oxygen atoms in total. The first-order valence-corrected chi connectivity index (χ1v) is 7.49. The molecule has 1 saturated heterocycles. The second-order valence-electron chi connectivity index (χ2n) is 4.84. The molecular weight excluding hydrogens is 278 g/mol. The van der Waals surface area contributed by atoms with Gasteiger partial charge in [-0.25, -0.2) is 4.79 Å². The Balaban J connectivity index is 1.90. The van der Waals surface area contributed by atoms with Gasteiger partial charge in [-0.2, -0.15) is 11.8 Å². The van der Waals surface area contributed by atoms with Crippen molar-refractivity contribution in [3.63, 3.8) is 0 Å². The number of aliphatic carboxylic acids is 1. The highest BCUT2D eigenvalue weighted by Gasteiger charge is 2.43. The van der Waals surface area contributed by atoms with Crippen molar-refractivity contribution in [2.45, 2.75) is 18.9 Å². The number of benzene rings is 1. The zero-order valence-electron chi connectivity index (χ0n) is 11.2. The zero-order valence-corrected chi connectivity index (χ0v) is 12.0. The molecule has 0 aromatic heterocycles. The van der Waals surface area contributed by atoms with E-state index in [1.54, 1.807) is 6.07 Å². The molecule has 1 aromatic rings. The lowest BCUT2D eigenvalue weighted by atomic mass is 9.99. The van der Waals surface area contributed by atoms with E-state index in [4.69, 9.17) is 4.74 Å². The van der Waals surface area contributed by atoms with Gasteiger partial charge in [-0.05, 0) is 36.8 Å². The Morgan fingerprint density at radius 1 is 1.50 bits per heavy atom. The van der Waals surface area contributed by atoms with Crippen LogP contribution in [0.15, 0.2) is 24.3 Å². The molecule has 0 bridgehead atoms. The Kier molecular flexibility index (Phi) is 4.54. The molecule has 1 aliphatic rings. The van der Waals surface area contributed by atoms with Crippen molar-refractivity contribution in [3.8, 4) is 5.75 Å². The lowest BCUT2D eigenvalue weighted by Crippen LogP contribution is -2.55. The Bertz CT molecular complexity index is 512. The van der Waals surface area contributed by atoms with E-state index in [0.717, 1.165) is 11.3 Å². The maximum absolute atomic E-state index is 11.9. The lowest BCUT2D eigenvalue weighted by Gasteiger charge is -2.24. The summed E-state index contributed by atoms with van der Waals surface area (Å²) in [6.45, 7) is 1.76. The largest absolute Gasteiger partial charge is 0.484 e. The van der Waals surface area contributed by atoms with E-state index < -0.39 is 17.4 Å². The van der Waals surface area contributed by atoms with E-state index in [9.17, 15) is 14.7 Å². The summed E-state index contributed by atoms with van der Waals surface area (Å²) in [6.07, 6.45) is 0.448. The smallest absolute Gasteiger partial charge is 0.330 e. The zero-order chi connectivity index (χ0) is 14.6. The number of carbonyl (C=O) groups is 2. The van der Waals surface area contributed by atoms with Crippen molar-refractivity contribution < 1.29 is 19.4 Å². The number of aryl methyl sites for hydroxylation is 1. The van der Waals surface area contributed by atoms with Gasteiger partial charge in [0.2, 0.25) is 0 Å². The number of rotatable bonds is 5. The number of carboxylic acid groups (broad SMARTS) is 1. The first-order chi connectivity index (χ1) is 9.52. The highest BCUT2D eigenvalue weighted by Crippen LogP contribution is 2.28. The second kappa shape index (κ2) is 6.17. The van der Waals surface area contributed by atoms with Crippen LogP contribution in [-0.2, 0) is 9.59 Å². The van der Waals surface area contributed by atoms with E-state index in [2.05, 4.69) is 5.32 Å². The number of amides is 1. The summed E-state index contributed by atoms with van der Waals surface area (Å²) in [6, 6.07) is 7.36. The highest BCUT2D eigenvalue weighted by atomic mass is 32.2. The number of ether oxygens (including phenoxy) is 1. The van der Waals surface area contributed by atoms with Crippen molar-refractivity contribution >= 4 is 23.6 Å². The minimum absolute atomic E-state index is 0.177. The van der Waals surface area contributed by atoms with E-state index in [-0.39, 0.29) is 6.61 Å². The summed E-state index contributed by atoms with van der Waals surface area (Å²) >= 11 is 1.53. The summed E-state index contributed by atoms with van der Waals surface area (Å²) in [5, 5.41) is 11.9. The Morgan fingerprint density at radius 3 is 2.90 bits per heavy atom. The molecule has 1 fully saturated rings. The Labute approximate surface area is 121 Å². The van der Waals surface area contributed by atoms with Crippen molar-refractivity contribution in [2.75, 3.05) is 18.1 Å². The number of thioether (sulfide) groups is 1. The van der Waals surface area contributed by atoms with E-state index >= 15 is 0 Å². The van der Waals surface area contributed by atoms with Gasteiger partial charge in [0, 0.05) is 5.75 Å². The number of carboxylic acids is 1. The molecule has 0 spiro atoms. The van der Waals surface area contributed by atoms with Crippen LogP contribution in [0.4, 0.5) is 0 Å². The lowest BCUT2D eigenvalue weighted by molar-refractivity contribution is -0.146. The van der Waals surface area contributed by atoms with Crippen LogP contribution in [0.25, 0.3) is 0 Å². The molecule has 20 heavy (non-hydrogen) atoms. The fraction of sp³-hybridized carbons (Fsp3) is 0.429. The van der Waals surface area contributed by atoms with Crippen LogP contribution in [-0.4, -0.2) is 40.6 Å². The molecule has 2 N–H and O–H groups in total. The third kappa shape index (κ3) is 3.45. The SMILES string of the molecule is Cc1cccc(OCC(=O)N[C@@]2(C(=O)O)CCSC2)c1. The van der Waals surface area contributed by atoms with E-state index in [1.165, 1.54) is 11.8 Å². The van der Waals surface area contributed by atoms with Crippen LogP contribution in [0, 0.1) is 6.92 Å². The minimum Gasteiger partial charge on any atom is -0.484 e. The van der Waals surface area contributed by atoms with Crippen LogP contribution < -0.4 is 10.1 Å². The van der Waals surface area contributed by atoms with Gasteiger partial charge in [0.05, 0.1) is 0 Å². The van der Waals surface area contributed by atoms with Gasteiger partial charge >= 0.3 is 5.97 Å². The number of carbonyl (C=O) groups excluding carboxylic acids is 1. The molecule has 0 aliphatic carbocycles. The molecule has 0 radical (unpaired) electrons. The Morgan fingerprint density at radius 2 is 2.30 bits per heavy atom. The van der Waals surface area contributed by atoms with Gasteiger partial charge in [0.1, 0.15) is 11.3 Å². The van der Waals surface area contributed by atoms with Crippen LogP contribution in [0.2, 0.25) is 0 Å². The summed E-state index contributed by atoms with van der Waals surface area (Å²) in [7, 11) is 0. The van der Waals surface area contributed by atoms with E-state index in [1.807, 2.05) is 25.1 Å². The van der Waals surface area contributed by atoms with Gasteiger partial charge < -0.3 is 15.2 Å². The van der Waals surface area contributed by atoms with Crippen molar-refractivity contribution in [2.24, 2.45) is 0 Å². The molecule has 6 heteroatoms. The topological polar surface area (TPSA) is 75.6 Å². The van der Waals surface area contributed by atoms with Gasteiger partial charge in [-0.3, -0.25) is 4.79 Å². The quantitative estimate of drug-likeness (QED) is 0.860. The molecule has 2 rings (SSSR count). The average Bonchev–Trinajstić information content (AvgIpc) is 2.86. The Hall–Kier alpha value is -1.69. The number of nitrogens with one attached hydrogen (secondary N) is 1. The van der Waals surface area contributed by atoms with Crippen LogP contribution in [0.1, 0.15) is 12.0 Å². The normalized spacial score (nSPS) is 21.4. The van der Waals surface area contributed by atoms with E-state index in [0.29, 0.717) is 17.9 Å². The molecule has 108 valence electrons. The predicted molar refractivity (Wildman–Crippen MR) is 77.1 cm³/mol. The first-order valence-electron chi connectivity index (χ1n) is 6.33. The fourth-order valence-electron chi connectivity index (χ4n) is 2.04. The standard InChI is InChI=1S/C14H17NO4S/c1-10-3-2-4-11(7-10)19-8-12(16)15-14(13(17)18)5-6-20-9-14/h2-4,7H,5-6,8-9H2,1H3,(H,15,16)(H,17,18)/t14-/m0/s1. The molecule has 1 aliphatic heterocycles. The number of hydrogen-bond donors (Lipinski definition) is 2. The summed E-state index contributed by atoms with van der Waals surface area (Å²) < 4.78 is 5.37. The second-order valence-corrected chi connectivity index (χ2v) is 5.95. The van der Waals surface area contributed by atoms with Gasteiger partial charge in [0.25, 0.3) is 5.91 Å². The molecule has 1 heterocycles. The number of hydrogen-bond acceptors (Lipinski definition) is 4. The molecule has 1 amide bonds. The van der Waals surface area contributed by atoms with Gasteiger partial charge in [-0.15, -0.1) is 0 Å². The van der Waals surface area contributed by atoms with Crippen molar-refractivity contribution in [3.05, 3.63) is 29.8 Å². The van der Waals surface area contributed by atoms with Crippen molar-refractivity contribution in [1.82, 2.24) is 5.32 Å². The minimum atomic E-state index is -1.14. The van der Waals surface area contributed by atoms with Crippen LogP contribution >= 0.6 is 11.8 Å². The highest BCUT2D eigenvalue weighted by molar-refractivity contribution is 7.99. The third-order valence-electron chi connectivity index (χ3n) is 3.17. The summed E-state index contributed by atoms with van der Waals surface area (Å²) in [5.41, 5.74) is -0.102. The monoisotopic (exact) mass is 295 g/mol. The molecule has 1 atom stereocenters. The van der Waals surface area contributed by atoms with Gasteiger partial charge in [-0.1, -0.05) is 12.1 Å². The van der Waals surface area contributed by atoms with Gasteiger partial charge in [0.15, 0.2) is 6.61 Å². The molecular formula is C14H17NO4S. The first kappa shape index (κ1) is 14.7. The average molecular weight is 295 g/mol. The van der Waals surface area contributed by atoms with Crippen LogP contribution in [0.5, 0.6) is 5.75 Å². The molecule has 1 aromatic carbocycles. The summed E-state index contributed by atoms with van der Waals surface area (Å²) in [5.74, 6) is 0.359. The molecule has 0 unspecified atom stereocenters. The third-order valence-corrected chi connectivity index (χ3v) is 4.36. The molecule has 0 saturated carbocycles. The van der Waals surface area contributed by atoms with Crippen molar-refractivity contribution in [1.29, 1.82) is 0 Å². The van der Waals surface area contributed by atoms with Crippen LogP contribution in [0.3, 0.4) is 0 Å². The predicted octanol–water partition coefficient (Wildman–Crippen LogP) is 1.45. The maximum atomic E-state index is 11.9. The summed E-state index contributed by atoms with van der Waals surface area (Å²) in [4.78, 5) is 23.2. The maximum Gasteiger partial charge on any atom is 0.330 e. The fourth-order valence-corrected chi connectivity index (χ4v) is 3.37.